The van der Waals surface area contributed by atoms with Gasteiger partial charge in [0.2, 0.25) is 0 Å². The lowest BCUT2D eigenvalue weighted by Gasteiger charge is -2.19. The van der Waals surface area contributed by atoms with E-state index in [0.717, 1.165) is 5.69 Å². The number of benzene rings is 1. The highest BCUT2D eigenvalue weighted by Crippen LogP contribution is 2.24. The van der Waals surface area contributed by atoms with Crippen molar-refractivity contribution in [2.45, 2.75) is 26.4 Å². The molecule has 0 aliphatic rings. The van der Waals surface area contributed by atoms with Crippen molar-refractivity contribution in [1.29, 1.82) is 0 Å². The molecule has 1 aromatic rings. The van der Waals surface area contributed by atoms with Gasteiger partial charge in [-0.15, -0.1) is 0 Å². The Kier molecular flexibility index (Phi) is 4.66. The fraction of sp³-hybridized carbons (Fsp3) is 0.417. The third-order valence-corrected chi connectivity index (χ3v) is 2.52. The molecule has 0 saturated heterocycles. The Morgan fingerprint density at radius 2 is 1.94 bits per heavy atom. The summed E-state index contributed by atoms with van der Waals surface area (Å²) in [5.74, 6) is -0.316. The second kappa shape index (κ2) is 5.61. The maximum Gasteiger partial charge on any atom is 0.325 e. The summed E-state index contributed by atoms with van der Waals surface area (Å²) >= 11 is 11.6. The minimum absolute atomic E-state index is 0.0925. The SMILES string of the molecule is CC(C)(C)OC(=O)CNc1ccc(Cl)c(Cl)c1. The van der Waals surface area contributed by atoms with E-state index in [0.29, 0.717) is 10.0 Å². The third kappa shape index (κ3) is 5.29. The number of rotatable bonds is 3. The van der Waals surface area contributed by atoms with Crippen molar-refractivity contribution in [3.8, 4) is 0 Å². The number of nitrogens with one attached hydrogen (secondary N) is 1. The predicted molar refractivity (Wildman–Crippen MR) is 70.8 cm³/mol. The maximum absolute atomic E-state index is 11.4. The van der Waals surface area contributed by atoms with E-state index in [2.05, 4.69) is 5.32 Å². The van der Waals surface area contributed by atoms with Crippen molar-refractivity contribution >= 4 is 34.9 Å². The van der Waals surface area contributed by atoms with Crippen LogP contribution in [0.4, 0.5) is 5.69 Å². The Balaban J connectivity index is 2.50. The first-order valence-electron chi connectivity index (χ1n) is 5.19. The Bertz CT molecular complexity index is 413. The highest BCUT2D eigenvalue weighted by Gasteiger charge is 2.15. The summed E-state index contributed by atoms with van der Waals surface area (Å²) in [6.45, 7) is 5.56. The Morgan fingerprint density at radius 1 is 1.29 bits per heavy atom. The number of carbonyl (C=O) groups is 1. The van der Waals surface area contributed by atoms with E-state index < -0.39 is 5.60 Å². The van der Waals surface area contributed by atoms with Gasteiger partial charge >= 0.3 is 5.97 Å². The van der Waals surface area contributed by atoms with E-state index in [1.54, 1.807) is 18.2 Å². The molecule has 0 spiro atoms. The second-order valence-corrected chi connectivity index (χ2v) is 5.38. The summed E-state index contributed by atoms with van der Waals surface area (Å²) in [5.41, 5.74) is 0.251. The van der Waals surface area contributed by atoms with Gasteiger partial charge in [0.15, 0.2) is 0 Å². The highest BCUT2D eigenvalue weighted by molar-refractivity contribution is 6.42. The van der Waals surface area contributed by atoms with Crippen LogP contribution in [0, 0.1) is 0 Å². The van der Waals surface area contributed by atoms with Crippen molar-refractivity contribution in [3.63, 3.8) is 0 Å². The van der Waals surface area contributed by atoms with E-state index in [1.165, 1.54) is 0 Å². The molecule has 0 fully saturated rings. The van der Waals surface area contributed by atoms with Crippen LogP contribution in [-0.2, 0) is 9.53 Å². The maximum atomic E-state index is 11.4. The molecule has 0 aliphatic heterocycles. The zero-order chi connectivity index (χ0) is 13.1. The molecule has 1 N–H and O–H groups in total. The molecule has 0 amide bonds. The minimum Gasteiger partial charge on any atom is -0.459 e. The number of ether oxygens (including phenoxy) is 1. The molecule has 0 aliphatic carbocycles. The van der Waals surface area contributed by atoms with Crippen LogP contribution in [0.1, 0.15) is 20.8 Å². The van der Waals surface area contributed by atoms with Crippen molar-refractivity contribution in [2.24, 2.45) is 0 Å². The predicted octanol–water partition coefficient (Wildman–Crippen LogP) is 3.75. The van der Waals surface area contributed by atoms with Crippen molar-refractivity contribution in [3.05, 3.63) is 28.2 Å². The largest absolute Gasteiger partial charge is 0.459 e. The number of esters is 1. The average Bonchev–Trinajstić information content (AvgIpc) is 2.17. The monoisotopic (exact) mass is 275 g/mol. The molecule has 5 heteroatoms. The van der Waals surface area contributed by atoms with Gasteiger partial charge in [0.1, 0.15) is 12.1 Å². The third-order valence-electron chi connectivity index (χ3n) is 1.78. The smallest absolute Gasteiger partial charge is 0.325 e. The molecule has 94 valence electrons. The normalized spacial score (nSPS) is 11.1. The lowest BCUT2D eigenvalue weighted by molar-refractivity contribution is -0.152. The van der Waals surface area contributed by atoms with Crippen LogP contribution in [-0.4, -0.2) is 18.1 Å². The molecule has 0 unspecified atom stereocenters. The topological polar surface area (TPSA) is 38.3 Å². The van der Waals surface area contributed by atoms with Crippen LogP contribution in [0.15, 0.2) is 18.2 Å². The molecule has 0 bridgehead atoms. The molecule has 1 rings (SSSR count). The molecular weight excluding hydrogens is 261 g/mol. The van der Waals surface area contributed by atoms with Gasteiger partial charge in [-0.1, -0.05) is 23.2 Å². The molecular formula is C12H15Cl2NO2. The summed E-state index contributed by atoms with van der Waals surface area (Å²) in [7, 11) is 0. The lowest BCUT2D eigenvalue weighted by Crippen LogP contribution is -2.28. The first-order valence-corrected chi connectivity index (χ1v) is 5.94. The molecule has 0 atom stereocenters. The zero-order valence-corrected chi connectivity index (χ0v) is 11.5. The van der Waals surface area contributed by atoms with Crippen molar-refractivity contribution in [1.82, 2.24) is 0 Å². The number of hydrogen-bond donors (Lipinski definition) is 1. The minimum atomic E-state index is -0.476. The molecule has 1 aromatic carbocycles. The van der Waals surface area contributed by atoms with E-state index in [9.17, 15) is 4.79 Å². The van der Waals surface area contributed by atoms with E-state index in [1.807, 2.05) is 20.8 Å². The number of carbonyl (C=O) groups excluding carboxylic acids is 1. The number of hydrogen-bond acceptors (Lipinski definition) is 3. The number of halogens is 2. The van der Waals surface area contributed by atoms with E-state index >= 15 is 0 Å². The second-order valence-electron chi connectivity index (χ2n) is 4.57. The zero-order valence-electron chi connectivity index (χ0n) is 10.0. The fourth-order valence-corrected chi connectivity index (χ4v) is 1.46. The molecule has 3 nitrogen and oxygen atoms in total. The number of anilines is 1. The molecule has 0 heterocycles. The molecule has 0 aromatic heterocycles. The van der Waals surface area contributed by atoms with Crippen molar-refractivity contribution < 1.29 is 9.53 Å². The Labute approximate surface area is 111 Å². The van der Waals surface area contributed by atoms with Gasteiger partial charge in [0, 0.05) is 5.69 Å². The van der Waals surface area contributed by atoms with E-state index in [4.69, 9.17) is 27.9 Å². The average molecular weight is 276 g/mol. The van der Waals surface area contributed by atoms with Gasteiger partial charge in [0.05, 0.1) is 10.0 Å². The summed E-state index contributed by atoms with van der Waals surface area (Å²) in [5, 5.41) is 3.84. The van der Waals surface area contributed by atoms with Crippen LogP contribution >= 0.6 is 23.2 Å². The summed E-state index contributed by atoms with van der Waals surface area (Å²) in [6, 6.07) is 5.08. The van der Waals surface area contributed by atoms with Gasteiger partial charge in [-0.05, 0) is 39.0 Å². The van der Waals surface area contributed by atoms with Crippen LogP contribution in [0.2, 0.25) is 10.0 Å². The van der Waals surface area contributed by atoms with E-state index in [-0.39, 0.29) is 12.5 Å². The standard InChI is InChI=1S/C12H15Cl2NO2/c1-12(2,3)17-11(16)7-15-8-4-5-9(13)10(14)6-8/h4-6,15H,7H2,1-3H3. The van der Waals surface area contributed by atoms with Gasteiger partial charge < -0.3 is 10.1 Å². The van der Waals surface area contributed by atoms with Crippen LogP contribution in [0.5, 0.6) is 0 Å². The van der Waals surface area contributed by atoms with Crippen LogP contribution in [0.3, 0.4) is 0 Å². The van der Waals surface area contributed by atoms with Gasteiger partial charge in [-0.2, -0.15) is 0 Å². The van der Waals surface area contributed by atoms with Gasteiger partial charge in [0.25, 0.3) is 0 Å². The van der Waals surface area contributed by atoms with Crippen molar-refractivity contribution in [2.75, 3.05) is 11.9 Å². The Hall–Kier alpha value is -0.930. The highest BCUT2D eigenvalue weighted by atomic mass is 35.5. The lowest BCUT2D eigenvalue weighted by atomic mass is 10.2. The van der Waals surface area contributed by atoms with Gasteiger partial charge in [-0.25, -0.2) is 0 Å². The molecule has 17 heavy (non-hydrogen) atoms. The van der Waals surface area contributed by atoms with Crippen LogP contribution in [0.25, 0.3) is 0 Å². The quantitative estimate of drug-likeness (QED) is 0.854. The van der Waals surface area contributed by atoms with Crippen LogP contribution < -0.4 is 5.32 Å². The summed E-state index contributed by atoms with van der Waals surface area (Å²) in [4.78, 5) is 11.4. The first-order chi connectivity index (χ1) is 7.78. The van der Waals surface area contributed by atoms with Gasteiger partial charge in [-0.3, -0.25) is 4.79 Å². The fourth-order valence-electron chi connectivity index (χ4n) is 1.16. The Morgan fingerprint density at radius 3 is 2.47 bits per heavy atom. The summed E-state index contributed by atoms with van der Waals surface area (Å²) < 4.78 is 5.15. The molecule has 0 radical (unpaired) electrons. The first kappa shape index (κ1) is 14.1. The molecule has 0 saturated carbocycles. The summed E-state index contributed by atoms with van der Waals surface area (Å²) in [6.07, 6.45) is 0.